The smallest absolute Gasteiger partial charge is 0.416 e. The van der Waals surface area contributed by atoms with Gasteiger partial charge in [-0.1, -0.05) is 30.3 Å². The van der Waals surface area contributed by atoms with E-state index in [0.29, 0.717) is 13.1 Å². The summed E-state index contributed by atoms with van der Waals surface area (Å²) in [6.07, 6.45) is -4.96. The number of rotatable bonds is 9. The first-order valence-electron chi connectivity index (χ1n) is 11.2. The fourth-order valence-corrected chi connectivity index (χ4v) is 3.66. The fraction of sp³-hybridized carbons (Fsp3) is 0.360. The summed E-state index contributed by atoms with van der Waals surface area (Å²) in [5.41, 5.74) is -0.420. The third-order valence-corrected chi connectivity index (χ3v) is 5.56. The number of hydrogen-bond donors (Lipinski definition) is 0. The number of nitrogens with zero attached hydrogens (tertiary/aromatic N) is 3. The number of halogens is 3. The molecule has 35 heavy (non-hydrogen) atoms. The van der Waals surface area contributed by atoms with Crippen molar-refractivity contribution in [1.82, 2.24) is 14.5 Å². The van der Waals surface area contributed by atoms with E-state index < -0.39 is 29.9 Å². The largest absolute Gasteiger partial charge is 0.456 e. The summed E-state index contributed by atoms with van der Waals surface area (Å²) in [6, 6.07) is 12.0. The van der Waals surface area contributed by atoms with Gasteiger partial charge in [-0.25, -0.2) is 4.98 Å². The Hall–Kier alpha value is -3.69. The van der Waals surface area contributed by atoms with Crippen molar-refractivity contribution in [3.05, 3.63) is 75.7 Å². The van der Waals surface area contributed by atoms with E-state index in [9.17, 15) is 27.6 Å². The molecule has 0 aliphatic carbocycles. The van der Waals surface area contributed by atoms with Gasteiger partial charge < -0.3 is 14.2 Å². The molecule has 7 nitrogen and oxygen atoms in total. The van der Waals surface area contributed by atoms with E-state index in [-0.39, 0.29) is 42.0 Å². The van der Waals surface area contributed by atoms with Gasteiger partial charge in [0.15, 0.2) is 6.61 Å². The molecule has 0 aliphatic heterocycles. The first-order valence-corrected chi connectivity index (χ1v) is 11.2. The van der Waals surface area contributed by atoms with Crippen LogP contribution in [0.3, 0.4) is 0 Å². The van der Waals surface area contributed by atoms with Crippen LogP contribution in [0.4, 0.5) is 13.2 Å². The molecule has 3 aromatic rings. The molecule has 0 aliphatic rings. The molecule has 0 spiro atoms. The minimum Gasteiger partial charge on any atom is -0.456 e. The lowest BCUT2D eigenvalue weighted by Crippen LogP contribution is -2.34. The van der Waals surface area contributed by atoms with Gasteiger partial charge in [0.2, 0.25) is 0 Å². The molecule has 2 aromatic carbocycles. The highest BCUT2D eigenvalue weighted by atomic mass is 19.4. The second kappa shape index (κ2) is 11.2. The third kappa shape index (κ3) is 6.46. The molecule has 186 valence electrons. The number of ether oxygens (including phenoxy) is 1. The van der Waals surface area contributed by atoms with Crippen LogP contribution in [0.5, 0.6) is 0 Å². The van der Waals surface area contributed by atoms with Crippen LogP contribution < -0.4 is 5.56 Å². The maximum atomic E-state index is 13.3. The van der Waals surface area contributed by atoms with Crippen LogP contribution in [0, 0.1) is 0 Å². The van der Waals surface area contributed by atoms with Gasteiger partial charge in [-0.15, -0.1) is 0 Å². The summed E-state index contributed by atoms with van der Waals surface area (Å²) < 4.78 is 46.2. The zero-order valence-corrected chi connectivity index (χ0v) is 19.5. The van der Waals surface area contributed by atoms with Crippen LogP contribution in [0.15, 0.2) is 53.3 Å². The Balaban J connectivity index is 1.88. The topological polar surface area (TPSA) is 81.5 Å². The first-order chi connectivity index (χ1) is 16.6. The van der Waals surface area contributed by atoms with Crippen molar-refractivity contribution in [1.29, 1.82) is 0 Å². The molecule has 1 aromatic heterocycles. The molecule has 0 N–H and O–H groups in total. The molecular formula is C25H26F3N3O4. The minimum absolute atomic E-state index is 0.00423. The molecule has 0 bridgehead atoms. The number of carbonyl (C=O) groups excluding carboxylic acids is 2. The summed E-state index contributed by atoms with van der Waals surface area (Å²) in [5.74, 6) is -1.04. The first kappa shape index (κ1) is 25.9. The van der Waals surface area contributed by atoms with Crippen LogP contribution in [0.25, 0.3) is 11.0 Å². The average Bonchev–Trinajstić information content (AvgIpc) is 2.84. The van der Waals surface area contributed by atoms with Gasteiger partial charge in [0.25, 0.3) is 11.5 Å². The second-order valence-corrected chi connectivity index (χ2v) is 7.86. The molecule has 0 atom stereocenters. The predicted octanol–water partition coefficient (Wildman–Crippen LogP) is 3.81. The molecule has 0 unspecified atom stereocenters. The highest BCUT2D eigenvalue weighted by Crippen LogP contribution is 2.31. The van der Waals surface area contributed by atoms with Gasteiger partial charge in [-0.2, -0.15) is 13.2 Å². The van der Waals surface area contributed by atoms with E-state index in [4.69, 9.17) is 4.74 Å². The monoisotopic (exact) mass is 489 g/mol. The van der Waals surface area contributed by atoms with Crippen LogP contribution >= 0.6 is 0 Å². The lowest BCUT2D eigenvalue weighted by molar-refractivity contribution is -0.151. The Bertz CT molecular complexity index is 1250. The quantitative estimate of drug-likeness (QED) is 0.427. The number of fused-ring (bicyclic) bond motifs is 1. The van der Waals surface area contributed by atoms with Gasteiger partial charge in [-0.3, -0.25) is 14.4 Å². The summed E-state index contributed by atoms with van der Waals surface area (Å²) in [7, 11) is 0. The van der Waals surface area contributed by atoms with Crippen molar-refractivity contribution < 1.29 is 27.5 Å². The van der Waals surface area contributed by atoms with E-state index in [1.165, 1.54) is 15.5 Å². The van der Waals surface area contributed by atoms with Gasteiger partial charge in [0.05, 0.1) is 29.6 Å². The Morgan fingerprint density at radius 1 is 1.06 bits per heavy atom. The normalized spacial score (nSPS) is 11.5. The Morgan fingerprint density at radius 2 is 1.74 bits per heavy atom. The minimum atomic E-state index is -4.57. The number of likely N-dealkylation sites (N-methyl/N-ethyl adjacent to an activating group) is 1. The SMILES string of the molecule is CCN(CC)C(=O)COC(=O)CCc1nc2cc(C(F)(F)F)ccc2n(Cc2ccccc2)c1=O. The molecule has 0 fully saturated rings. The summed E-state index contributed by atoms with van der Waals surface area (Å²) in [6.45, 7) is 4.28. The lowest BCUT2D eigenvalue weighted by Gasteiger charge is -2.18. The number of alkyl halides is 3. The standard InChI is InChI=1S/C25H26F3N3O4/c1-3-30(4-2)22(32)16-35-23(33)13-11-19-24(34)31(15-17-8-6-5-7-9-17)21-12-10-18(25(26,27)28)14-20(21)29-19/h5-10,12,14H,3-4,11,13,15-16H2,1-2H3. The molecule has 0 saturated heterocycles. The molecule has 0 radical (unpaired) electrons. The summed E-state index contributed by atoms with van der Waals surface area (Å²) >= 11 is 0. The van der Waals surface area contributed by atoms with Crippen LogP contribution in [0.1, 0.15) is 37.1 Å². The van der Waals surface area contributed by atoms with Crippen molar-refractivity contribution in [2.45, 2.75) is 39.4 Å². The molecular weight excluding hydrogens is 463 g/mol. The van der Waals surface area contributed by atoms with Crippen molar-refractivity contribution in [3.63, 3.8) is 0 Å². The van der Waals surface area contributed by atoms with E-state index in [2.05, 4.69) is 4.98 Å². The molecule has 1 amide bonds. The average molecular weight is 489 g/mol. The van der Waals surface area contributed by atoms with E-state index >= 15 is 0 Å². The highest BCUT2D eigenvalue weighted by molar-refractivity contribution is 5.80. The summed E-state index contributed by atoms with van der Waals surface area (Å²) in [4.78, 5) is 43.0. The number of carbonyl (C=O) groups is 2. The number of benzene rings is 2. The van der Waals surface area contributed by atoms with Crippen molar-refractivity contribution in [3.8, 4) is 0 Å². The molecule has 10 heteroatoms. The van der Waals surface area contributed by atoms with Crippen LogP contribution in [0.2, 0.25) is 0 Å². The van der Waals surface area contributed by atoms with Gasteiger partial charge >= 0.3 is 12.1 Å². The zero-order chi connectivity index (χ0) is 25.6. The summed E-state index contributed by atoms with van der Waals surface area (Å²) in [5, 5.41) is 0. The van der Waals surface area contributed by atoms with Crippen LogP contribution in [-0.4, -0.2) is 46.0 Å². The number of aromatic nitrogens is 2. The Kier molecular flexibility index (Phi) is 8.26. The lowest BCUT2D eigenvalue weighted by atomic mass is 10.1. The van der Waals surface area contributed by atoms with Crippen molar-refractivity contribution in [2.75, 3.05) is 19.7 Å². The number of amides is 1. The second-order valence-electron chi connectivity index (χ2n) is 7.86. The number of esters is 1. The van der Waals surface area contributed by atoms with E-state index in [1.54, 1.807) is 38.1 Å². The van der Waals surface area contributed by atoms with Gasteiger partial charge in [-0.05, 0) is 37.6 Å². The molecule has 1 heterocycles. The maximum absolute atomic E-state index is 13.3. The zero-order valence-electron chi connectivity index (χ0n) is 19.5. The van der Waals surface area contributed by atoms with Crippen LogP contribution in [-0.2, 0) is 33.5 Å². The van der Waals surface area contributed by atoms with Crippen molar-refractivity contribution in [2.24, 2.45) is 0 Å². The molecule has 0 saturated carbocycles. The highest BCUT2D eigenvalue weighted by Gasteiger charge is 2.31. The predicted molar refractivity (Wildman–Crippen MR) is 124 cm³/mol. The Labute approximate surface area is 200 Å². The van der Waals surface area contributed by atoms with Gasteiger partial charge in [0.1, 0.15) is 5.69 Å². The number of aryl methyl sites for hydroxylation is 1. The van der Waals surface area contributed by atoms with Gasteiger partial charge in [0, 0.05) is 19.5 Å². The molecule has 3 rings (SSSR count). The third-order valence-electron chi connectivity index (χ3n) is 5.56. The number of hydrogen-bond acceptors (Lipinski definition) is 5. The van der Waals surface area contributed by atoms with E-state index in [0.717, 1.165) is 17.7 Å². The Morgan fingerprint density at radius 3 is 2.37 bits per heavy atom. The van der Waals surface area contributed by atoms with Crippen molar-refractivity contribution >= 4 is 22.9 Å². The fourth-order valence-electron chi connectivity index (χ4n) is 3.66. The maximum Gasteiger partial charge on any atom is 0.416 e. The van der Waals surface area contributed by atoms with E-state index in [1.807, 2.05) is 6.07 Å².